The van der Waals surface area contributed by atoms with Crippen LogP contribution in [-0.2, 0) is 6.54 Å². The van der Waals surface area contributed by atoms with Crippen LogP contribution < -0.4 is 10.1 Å². The smallest absolute Gasteiger partial charge is 0.137 e. The summed E-state index contributed by atoms with van der Waals surface area (Å²) in [4.78, 5) is 0. The number of benzene rings is 2. The summed E-state index contributed by atoms with van der Waals surface area (Å²) >= 11 is 24.1. The van der Waals surface area contributed by atoms with E-state index < -0.39 is 0 Å². The highest BCUT2D eigenvalue weighted by Gasteiger charge is 2.08. The SMILES string of the molecule is COc1ccc(CNc2c(Cl)cc(Cl)cc2Cl)cc1Cl. The molecule has 2 rings (SSSR count). The summed E-state index contributed by atoms with van der Waals surface area (Å²) in [6, 6.07) is 8.82. The van der Waals surface area contributed by atoms with Gasteiger partial charge in [0.2, 0.25) is 0 Å². The predicted molar refractivity (Wildman–Crippen MR) is 86.8 cm³/mol. The maximum atomic E-state index is 6.10. The minimum Gasteiger partial charge on any atom is -0.495 e. The zero-order chi connectivity index (χ0) is 14.7. The Labute approximate surface area is 137 Å². The molecule has 0 aliphatic carbocycles. The van der Waals surface area contributed by atoms with E-state index in [0.29, 0.717) is 38.1 Å². The Bertz CT molecular complexity index is 608. The maximum absolute atomic E-state index is 6.10. The Kier molecular flexibility index (Phi) is 5.28. The molecule has 0 amide bonds. The van der Waals surface area contributed by atoms with Gasteiger partial charge in [0.1, 0.15) is 5.75 Å². The van der Waals surface area contributed by atoms with Crippen molar-refractivity contribution in [1.82, 2.24) is 0 Å². The summed E-state index contributed by atoms with van der Waals surface area (Å²) in [6.07, 6.45) is 0. The van der Waals surface area contributed by atoms with Crippen LogP contribution in [0.4, 0.5) is 5.69 Å². The average molecular weight is 351 g/mol. The molecule has 106 valence electrons. The van der Waals surface area contributed by atoms with Crippen LogP contribution in [0.5, 0.6) is 5.75 Å². The summed E-state index contributed by atoms with van der Waals surface area (Å²) in [5.74, 6) is 0.637. The first-order valence-corrected chi connectivity index (χ1v) is 7.23. The van der Waals surface area contributed by atoms with Crippen LogP contribution in [0, 0.1) is 0 Å². The van der Waals surface area contributed by atoms with E-state index in [9.17, 15) is 0 Å². The van der Waals surface area contributed by atoms with Gasteiger partial charge in [0.05, 0.1) is 27.9 Å². The molecule has 0 aliphatic rings. The van der Waals surface area contributed by atoms with Crippen LogP contribution >= 0.6 is 46.4 Å². The molecule has 0 atom stereocenters. The Morgan fingerprint density at radius 2 is 1.60 bits per heavy atom. The molecule has 6 heteroatoms. The molecule has 2 aromatic rings. The molecule has 2 nitrogen and oxygen atoms in total. The quantitative estimate of drug-likeness (QED) is 0.738. The van der Waals surface area contributed by atoms with Crippen molar-refractivity contribution in [3.63, 3.8) is 0 Å². The van der Waals surface area contributed by atoms with Gasteiger partial charge >= 0.3 is 0 Å². The number of hydrogen-bond acceptors (Lipinski definition) is 2. The first-order valence-electron chi connectivity index (χ1n) is 5.72. The Morgan fingerprint density at radius 3 is 2.15 bits per heavy atom. The van der Waals surface area contributed by atoms with Crippen molar-refractivity contribution >= 4 is 52.1 Å². The van der Waals surface area contributed by atoms with Crippen molar-refractivity contribution in [2.24, 2.45) is 0 Å². The van der Waals surface area contributed by atoms with Gasteiger partial charge in [-0.3, -0.25) is 0 Å². The van der Waals surface area contributed by atoms with Crippen molar-refractivity contribution < 1.29 is 4.74 Å². The van der Waals surface area contributed by atoms with Crippen LogP contribution in [0.1, 0.15) is 5.56 Å². The van der Waals surface area contributed by atoms with Gasteiger partial charge in [-0.25, -0.2) is 0 Å². The lowest BCUT2D eigenvalue weighted by Crippen LogP contribution is -2.01. The molecule has 0 fully saturated rings. The lowest BCUT2D eigenvalue weighted by molar-refractivity contribution is 0.415. The molecule has 0 aliphatic heterocycles. The second kappa shape index (κ2) is 6.77. The normalized spacial score (nSPS) is 10.4. The van der Waals surface area contributed by atoms with Crippen molar-refractivity contribution in [2.75, 3.05) is 12.4 Å². The lowest BCUT2D eigenvalue weighted by Gasteiger charge is -2.12. The molecule has 0 spiro atoms. The summed E-state index contributed by atoms with van der Waals surface area (Å²) in [5.41, 5.74) is 1.63. The highest BCUT2D eigenvalue weighted by Crippen LogP contribution is 2.34. The van der Waals surface area contributed by atoms with Crippen LogP contribution in [-0.4, -0.2) is 7.11 Å². The van der Waals surface area contributed by atoms with Crippen LogP contribution in [0.3, 0.4) is 0 Å². The first kappa shape index (κ1) is 15.6. The van der Waals surface area contributed by atoms with Gasteiger partial charge in [0.15, 0.2) is 0 Å². The van der Waals surface area contributed by atoms with Crippen LogP contribution in [0.15, 0.2) is 30.3 Å². The zero-order valence-corrected chi connectivity index (χ0v) is 13.5. The van der Waals surface area contributed by atoms with Crippen molar-refractivity contribution in [3.05, 3.63) is 56.0 Å². The molecule has 0 bridgehead atoms. The van der Waals surface area contributed by atoms with E-state index in [4.69, 9.17) is 51.1 Å². The number of anilines is 1. The molecule has 0 radical (unpaired) electrons. The molecule has 1 N–H and O–H groups in total. The first-order chi connectivity index (χ1) is 9.51. The molecular weight excluding hydrogens is 340 g/mol. The topological polar surface area (TPSA) is 21.3 Å². The highest BCUT2D eigenvalue weighted by molar-refractivity contribution is 6.41. The number of rotatable bonds is 4. The number of ether oxygens (including phenoxy) is 1. The van der Waals surface area contributed by atoms with E-state index in [2.05, 4.69) is 5.32 Å². The third kappa shape index (κ3) is 3.64. The summed E-state index contributed by atoms with van der Waals surface area (Å²) in [5, 5.41) is 5.17. The minimum absolute atomic E-state index is 0.474. The zero-order valence-electron chi connectivity index (χ0n) is 10.5. The molecule has 2 aromatic carbocycles. The molecule has 0 saturated carbocycles. The maximum Gasteiger partial charge on any atom is 0.137 e. The number of nitrogens with one attached hydrogen (secondary N) is 1. The van der Waals surface area contributed by atoms with Crippen molar-refractivity contribution in [3.8, 4) is 5.75 Å². The van der Waals surface area contributed by atoms with E-state index in [1.807, 2.05) is 18.2 Å². The second-order valence-electron chi connectivity index (χ2n) is 4.07. The molecule has 0 saturated heterocycles. The van der Waals surface area contributed by atoms with Gasteiger partial charge in [0.25, 0.3) is 0 Å². The van der Waals surface area contributed by atoms with Crippen molar-refractivity contribution in [2.45, 2.75) is 6.54 Å². The molecule has 20 heavy (non-hydrogen) atoms. The number of methoxy groups -OCH3 is 1. The standard InChI is InChI=1S/C14H11Cl4NO/c1-20-13-3-2-8(4-10(13)16)7-19-14-11(17)5-9(15)6-12(14)18/h2-6,19H,7H2,1H3. The van der Waals surface area contributed by atoms with E-state index >= 15 is 0 Å². The molecule has 0 aromatic heterocycles. The number of halogens is 4. The lowest BCUT2D eigenvalue weighted by atomic mass is 10.2. The second-order valence-corrected chi connectivity index (χ2v) is 5.72. The Morgan fingerprint density at radius 1 is 0.950 bits per heavy atom. The Hall–Kier alpha value is -0.800. The van der Waals surface area contributed by atoms with Gasteiger partial charge in [0, 0.05) is 11.6 Å². The minimum atomic E-state index is 0.474. The largest absolute Gasteiger partial charge is 0.495 e. The fourth-order valence-corrected chi connectivity index (χ4v) is 2.95. The summed E-state index contributed by atoms with van der Waals surface area (Å²) in [7, 11) is 1.58. The van der Waals surface area contributed by atoms with Gasteiger partial charge in [-0.2, -0.15) is 0 Å². The van der Waals surface area contributed by atoms with Gasteiger partial charge in [-0.1, -0.05) is 52.5 Å². The average Bonchev–Trinajstić information content (AvgIpc) is 2.37. The van der Waals surface area contributed by atoms with Gasteiger partial charge in [-0.05, 0) is 29.8 Å². The predicted octanol–water partition coefficient (Wildman–Crippen LogP) is 5.92. The summed E-state index contributed by atoms with van der Waals surface area (Å²) < 4.78 is 5.10. The van der Waals surface area contributed by atoms with Gasteiger partial charge in [-0.15, -0.1) is 0 Å². The third-order valence-electron chi connectivity index (χ3n) is 2.69. The monoisotopic (exact) mass is 349 g/mol. The third-order valence-corrected chi connectivity index (χ3v) is 3.80. The number of hydrogen-bond donors (Lipinski definition) is 1. The van der Waals surface area contributed by atoms with E-state index in [1.54, 1.807) is 19.2 Å². The van der Waals surface area contributed by atoms with Crippen molar-refractivity contribution in [1.29, 1.82) is 0 Å². The van der Waals surface area contributed by atoms with E-state index in [-0.39, 0.29) is 0 Å². The van der Waals surface area contributed by atoms with Crippen LogP contribution in [0.2, 0.25) is 20.1 Å². The van der Waals surface area contributed by atoms with Crippen LogP contribution in [0.25, 0.3) is 0 Å². The van der Waals surface area contributed by atoms with E-state index in [1.165, 1.54) is 0 Å². The van der Waals surface area contributed by atoms with E-state index in [0.717, 1.165) is 5.56 Å². The fraction of sp³-hybridized carbons (Fsp3) is 0.143. The highest BCUT2D eigenvalue weighted by atomic mass is 35.5. The van der Waals surface area contributed by atoms with Gasteiger partial charge < -0.3 is 10.1 Å². The fourth-order valence-electron chi connectivity index (χ4n) is 1.72. The summed E-state index contributed by atoms with van der Waals surface area (Å²) in [6.45, 7) is 0.533. The Balaban J connectivity index is 2.15. The molecule has 0 unspecified atom stereocenters. The molecular formula is C14H11Cl4NO. The molecule has 0 heterocycles.